The molecule has 0 atom stereocenters. The van der Waals surface area contributed by atoms with Crippen molar-refractivity contribution in [2.75, 3.05) is 6.61 Å². The van der Waals surface area contributed by atoms with Crippen LogP contribution in [0.2, 0.25) is 5.02 Å². The fourth-order valence-electron chi connectivity index (χ4n) is 2.75. The number of aliphatic imine (C=N–C) groups is 1. The third-order valence-corrected chi connectivity index (χ3v) is 4.40. The zero-order valence-corrected chi connectivity index (χ0v) is 17.6. The molecule has 34 heavy (non-hydrogen) atoms. The van der Waals surface area contributed by atoms with Crippen LogP contribution in [0.4, 0.5) is 40.9 Å². The molecule has 0 amide bonds. The van der Waals surface area contributed by atoms with E-state index in [9.17, 15) is 35.1 Å². The van der Waals surface area contributed by atoms with Crippen LogP contribution in [0.15, 0.2) is 41.7 Å². The number of benzene rings is 1. The van der Waals surface area contributed by atoms with Gasteiger partial charge in [-0.3, -0.25) is 0 Å². The summed E-state index contributed by atoms with van der Waals surface area (Å²) in [7, 11) is 0. The molecular formula is C19H12ClF8N5O. The van der Waals surface area contributed by atoms with Crippen LogP contribution in [0.25, 0.3) is 17.1 Å². The van der Waals surface area contributed by atoms with Crippen molar-refractivity contribution in [3.63, 3.8) is 0 Å². The molecule has 6 nitrogen and oxygen atoms in total. The molecule has 2 heterocycles. The Hall–Kier alpha value is -3.29. The van der Waals surface area contributed by atoms with Gasteiger partial charge >= 0.3 is 18.3 Å². The Morgan fingerprint density at radius 3 is 2.24 bits per heavy atom. The number of ether oxygens (including phenoxy) is 1. The quantitative estimate of drug-likeness (QED) is 0.219. The van der Waals surface area contributed by atoms with Crippen LogP contribution in [-0.4, -0.2) is 38.9 Å². The maximum atomic E-state index is 14.6. The van der Waals surface area contributed by atoms with E-state index in [2.05, 4.69) is 20.1 Å². The van der Waals surface area contributed by atoms with Gasteiger partial charge in [0.15, 0.2) is 17.9 Å². The smallest absolute Gasteiger partial charge is 0.459 e. The first-order valence-corrected chi connectivity index (χ1v) is 9.53. The zero-order chi connectivity index (χ0) is 25.3. The van der Waals surface area contributed by atoms with Gasteiger partial charge in [0.05, 0.1) is 17.7 Å². The third-order valence-electron chi connectivity index (χ3n) is 4.19. The lowest BCUT2D eigenvalue weighted by atomic mass is 9.99. The molecule has 3 rings (SSSR count). The van der Waals surface area contributed by atoms with Crippen molar-refractivity contribution in [2.45, 2.75) is 25.2 Å². The molecule has 182 valence electrons. The minimum Gasteiger partial charge on any atom is -0.483 e. The molecule has 0 bridgehead atoms. The maximum Gasteiger partial charge on any atom is 0.459 e. The van der Waals surface area contributed by atoms with Crippen LogP contribution >= 0.6 is 11.6 Å². The van der Waals surface area contributed by atoms with Gasteiger partial charge in [0.2, 0.25) is 0 Å². The molecule has 1 aromatic carbocycles. The summed E-state index contributed by atoms with van der Waals surface area (Å²) in [6, 6.07) is 2.95. The summed E-state index contributed by atoms with van der Waals surface area (Å²) in [6.07, 6.45) is -8.14. The fourth-order valence-corrected chi connectivity index (χ4v) is 2.98. The lowest BCUT2D eigenvalue weighted by Crippen LogP contribution is -2.34. The number of hydrogen-bond acceptors (Lipinski definition) is 5. The predicted octanol–water partition coefficient (Wildman–Crippen LogP) is 6.35. The van der Waals surface area contributed by atoms with Gasteiger partial charge in [-0.2, -0.15) is 44.9 Å². The SMILES string of the molecule is CCO/C=N/c1c(-c2cc(Cl)cc(C(F)(F)F)c2)c(C(F)(F)C(F)(F)F)nn1-c1ncccn1. The average Bonchev–Trinajstić information content (AvgIpc) is 3.13. The summed E-state index contributed by atoms with van der Waals surface area (Å²) in [5, 5.41) is 2.75. The van der Waals surface area contributed by atoms with Gasteiger partial charge in [-0.25, -0.2) is 15.0 Å². The number of alkyl halides is 8. The minimum absolute atomic E-state index is 0.0375. The fraction of sp³-hybridized carbons (Fsp3) is 0.263. The van der Waals surface area contributed by atoms with Gasteiger partial charge in [0.25, 0.3) is 5.95 Å². The van der Waals surface area contributed by atoms with Gasteiger partial charge in [0, 0.05) is 17.4 Å². The monoisotopic (exact) mass is 513 g/mol. The van der Waals surface area contributed by atoms with E-state index < -0.39 is 57.4 Å². The van der Waals surface area contributed by atoms with E-state index in [0.29, 0.717) is 23.2 Å². The maximum absolute atomic E-state index is 14.6. The highest BCUT2D eigenvalue weighted by Crippen LogP contribution is 2.50. The second-order valence-electron chi connectivity index (χ2n) is 6.50. The van der Waals surface area contributed by atoms with Gasteiger partial charge in [0.1, 0.15) is 0 Å². The van der Waals surface area contributed by atoms with Gasteiger partial charge in [-0.05, 0) is 36.8 Å². The summed E-state index contributed by atoms with van der Waals surface area (Å²) in [5.74, 6) is -6.82. The first-order chi connectivity index (χ1) is 15.8. The highest BCUT2D eigenvalue weighted by atomic mass is 35.5. The van der Waals surface area contributed by atoms with Crippen LogP contribution in [0.3, 0.4) is 0 Å². The Bertz CT molecular complexity index is 1190. The summed E-state index contributed by atoms with van der Waals surface area (Å²) in [6.45, 7) is 1.57. The second kappa shape index (κ2) is 9.16. The first kappa shape index (κ1) is 25.3. The standard InChI is InChI=1S/C19H12ClF8N5O/c1-2-34-9-31-15-13(10-6-11(18(23,24)25)8-12(20)7-10)14(17(21,22)19(26,27)28)32-33(15)16-29-4-3-5-30-16/h3-9H,2H2,1H3/b31-9+. The lowest BCUT2D eigenvalue weighted by molar-refractivity contribution is -0.290. The molecule has 0 aliphatic heterocycles. The van der Waals surface area contributed by atoms with Crippen molar-refractivity contribution >= 4 is 23.8 Å². The number of nitrogens with zero attached hydrogens (tertiary/aromatic N) is 5. The summed E-state index contributed by atoms with van der Waals surface area (Å²) < 4.78 is 114. The normalized spacial score (nSPS) is 13.0. The van der Waals surface area contributed by atoms with Crippen molar-refractivity contribution in [2.24, 2.45) is 4.99 Å². The lowest BCUT2D eigenvalue weighted by Gasteiger charge is -2.19. The topological polar surface area (TPSA) is 65.2 Å². The van der Waals surface area contributed by atoms with Crippen molar-refractivity contribution in [3.05, 3.63) is 52.9 Å². The summed E-state index contributed by atoms with van der Waals surface area (Å²) in [5.41, 5.74) is -5.13. The molecule has 0 saturated heterocycles. The van der Waals surface area contributed by atoms with E-state index >= 15 is 0 Å². The van der Waals surface area contributed by atoms with Gasteiger partial charge < -0.3 is 4.74 Å². The van der Waals surface area contributed by atoms with E-state index in [-0.39, 0.29) is 6.61 Å². The molecule has 0 radical (unpaired) electrons. The van der Waals surface area contributed by atoms with Crippen molar-refractivity contribution < 1.29 is 39.9 Å². The van der Waals surface area contributed by atoms with Crippen LogP contribution in [-0.2, 0) is 16.8 Å². The Morgan fingerprint density at radius 1 is 1.03 bits per heavy atom. The molecule has 0 aliphatic carbocycles. The molecule has 2 aromatic heterocycles. The van der Waals surface area contributed by atoms with E-state index in [1.165, 1.54) is 13.0 Å². The number of rotatable bonds is 6. The molecule has 3 aromatic rings. The molecular weight excluding hydrogens is 502 g/mol. The van der Waals surface area contributed by atoms with Crippen LogP contribution < -0.4 is 0 Å². The Kier molecular flexibility index (Phi) is 6.82. The molecule has 0 saturated carbocycles. The van der Waals surface area contributed by atoms with Crippen molar-refractivity contribution in [1.82, 2.24) is 19.7 Å². The van der Waals surface area contributed by atoms with E-state index in [1.807, 2.05) is 0 Å². The van der Waals surface area contributed by atoms with Crippen LogP contribution in [0.1, 0.15) is 18.2 Å². The molecule has 0 aliphatic rings. The molecule has 0 fully saturated rings. The number of hydrogen-bond donors (Lipinski definition) is 0. The Labute approximate surface area is 190 Å². The first-order valence-electron chi connectivity index (χ1n) is 9.15. The van der Waals surface area contributed by atoms with Crippen molar-refractivity contribution in [1.29, 1.82) is 0 Å². The minimum atomic E-state index is -6.15. The van der Waals surface area contributed by atoms with Crippen molar-refractivity contribution in [3.8, 4) is 17.1 Å². The highest BCUT2D eigenvalue weighted by molar-refractivity contribution is 6.31. The summed E-state index contributed by atoms with van der Waals surface area (Å²) in [4.78, 5) is 11.2. The molecule has 0 spiro atoms. The largest absolute Gasteiger partial charge is 0.483 e. The second-order valence-corrected chi connectivity index (χ2v) is 6.93. The van der Waals surface area contributed by atoms with Gasteiger partial charge in [-0.1, -0.05) is 11.6 Å². The number of aromatic nitrogens is 4. The zero-order valence-electron chi connectivity index (χ0n) is 16.8. The van der Waals surface area contributed by atoms with E-state index in [0.717, 1.165) is 18.5 Å². The van der Waals surface area contributed by atoms with E-state index in [1.54, 1.807) is 0 Å². The average molecular weight is 514 g/mol. The summed E-state index contributed by atoms with van der Waals surface area (Å²) >= 11 is 5.74. The third kappa shape index (κ3) is 4.95. The number of halogens is 9. The molecule has 15 heteroatoms. The molecule has 0 N–H and O–H groups in total. The van der Waals surface area contributed by atoms with Crippen LogP contribution in [0, 0.1) is 0 Å². The van der Waals surface area contributed by atoms with Crippen LogP contribution in [0.5, 0.6) is 0 Å². The predicted molar refractivity (Wildman–Crippen MR) is 104 cm³/mol. The Morgan fingerprint density at radius 2 is 1.68 bits per heavy atom. The van der Waals surface area contributed by atoms with Gasteiger partial charge in [-0.15, -0.1) is 0 Å². The highest BCUT2D eigenvalue weighted by Gasteiger charge is 2.62. The molecule has 0 unspecified atom stereocenters. The Balaban J connectivity index is 2.45. The van der Waals surface area contributed by atoms with E-state index in [4.69, 9.17) is 16.3 Å².